The summed E-state index contributed by atoms with van der Waals surface area (Å²) in [6.07, 6.45) is 5.57. The van der Waals surface area contributed by atoms with Crippen molar-refractivity contribution in [2.75, 3.05) is 6.61 Å². The fraction of sp³-hybridized carbons (Fsp3) is 1.00. The van der Waals surface area contributed by atoms with Gasteiger partial charge in [-0.05, 0) is 49.9 Å². The van der Waals surface area contributed by atoms with E-state index in [4.69, 9.17) is 5.11 Å². The normalized spacial score (nSPS) is 46.5. The highest BCUT2D eigenvalue weighted by Crippen LogP contribution is 2.45. The summed E-state index contributed by atoms with van der Waals surface area (Å²) in [5.74, 6) is 2.01. The van der Waals surface area contributed by atoms with Gasteiger partial charge in [0.2, 0.25) is 0 Å². The van der Waals surface area contributed by atoms with Crippen LogP contribution in [0.5, 0.6) is 0 Å². The fourth-order valence-electron chi connectivity index (χ4n) is 3.08. The van der Waals surface area contributed by atoms with Crippen LogP contribution < -0.4 is 0 Å². The SMILES string of the molecule is OCCC1CC2CC(O)C(C1)C2. The summed E-state index contributed by atoms with van der Waals surface area (Å²) >= 11 is 0. The van der Waals surface area contributed by atoms with Gasteiger partial charge in [0.05, 0.1) is 6.10 Å². The Morgan fingerprint density at radius 2 is 1.92 bits per heavy atom. The van der Waals surface area contributed by atoms with Crippen molar-refractivity contribution in [3.05, 3.63) is 0 Å². The molecule has 4 atom stereocenters. The molecule has 0 aromatic rings. The lowest BCUT2D eigenvalue weighted by atomic mass is 9.79. The van der Waals surface area contributed by atoms with Crippen molar-refractivity contribution in [1.82, 2.24) is 0 Å². The number of hydrogen-bond acceptors (Lipinski definition) is 2. The van der Waals surface area contributed by atoms with E-state index in [1.807, 2.05) is 0 Å². The summed E-state index contributed by atoms with van der Waals surface area (Å²) in [6.45, 7) is 0.320. The molecule has 2 rings (SSSR count). The predicted octanol–water partition coefficient (Wildman–Crippen LogP) is 1.17. The van der Waals surface area contributed by atoms with Crippen LogP contribution in [0.4, 0.5) is 0 Å². The molecule has 2 aliphatic rings. The Hall–Kier alpha value is -0.0800. The van der Waals surface area contributed by atoms with Crippen molar-refractivity contribution in [2.24, 2.45) is 17.8 Å². The Bertz CT molecular complexity index is 156. The van der Waals surface area contributed by atoms with Gasteiger partial charge in [-0.3, -0.25) is 0 Å². The number of rotatable bonds is 2. The van der Waals surface area contributed by atoms with Crippen LogP contribution in [-0.2, 0) is 0 Å². The van der Waals surface area contributed by atoms with Gasteiger partial charge in [0.25, 0.3) is 0 Å². The Kier molecular flexibility index (Phi) is 2.37. The van der Waals surface area contributed by atoms with Crippen molar-refractivity contribution < 1.29 is 10.2 Å². The van der Waals surface area contributed by atoms with Crippen LogP contribution in [0.2, 0.25) is 0 Å². The Labute approximate surface area is 73.6 Å². The molecule has 2 saturated carbocycles. The summed E-state index contributed by atoms with van der Waals surface area (Å²) < 4.78 is 0. The zero-order valence-corrected chi connectivity index (χ0v) is 7.45. The van der Waals surface area contributed by atoms with Gasteiger partial charge in [-0.15, -0.1) is 0 Å². The molecule has 4 unspecified atom stereocenters. The topological polar surface area (TPSA) is 40.5 Å². The molecule has 12 heavy (non-hydrogen) atoms. The summed E-state index contributed by atoms with van der Waals surface area (Å²) in [6, 6.07) is 0. The van der Waals surface area contributed by atoms with Crippen LogP contribution in [0.3, 0.4) is 0 Å². The Morgan fingerprint density at radius 1 is 1.08 bits per heavy atom. The Balaban J connectivity index is 1.92. The molecule has 2 nitrogen and oxygen atoms in total. The Morgan fingerprint density at radius 3 is 2.58 bits per heavy atom. The van der Waals surface area contributed by atoms with Gasteiger partial charge in [-0.1, -0.05) is 0 Å². The third-order valence-corrected chi connectivity index (χ3v) is 3.60. The van der Waals surface area contributed by atoms with E-state index in [0.717, 1.165) is 25.2 Å². The van der Waals surface area contributed by atoms with Crippen LogP contribution in [0.25, 0.3) is 0 Å². The standard InChI is InChI=1S/C10H18O2/c11-2-1-7-3-8-5-9(4-7)10(12)6-8/h7-12H,1-6H2. The second-order valence-corrected chi connectivity index (χ2v) is 4.51. The van der Waals surface area contributed by atoms with Gasteiger partial charge in [-0.2, -0.15) is 0 Å². The average molecular weight is 170 g/mol. The van der Waals surface area contributed by atoms with Crippen molar-refractivity contribution >= 4 is 0 Å². The van der Waals surface area contributed by atoms with E-state index in [1.54, 1.807) is 0 Å². The molecule has 0 amide bonds. The lowest BCUT2D eigenvalue weighted by Crippen LogP contribution is -2.20. The highest BCUT2D eigenvalue weighted by Gasteiger charge is 2.39. The summed E-state index contributed by atoms with van der Waals surface area (Å²) in [7, 11) is 0. The second-order valence-electron chi connectivity index (χ2n) is 4.51. The van der Waals surface area contributed by atoms with Crippen LogP contribution >= 0.6 is 0 Å². The van der Waals surface area contributed by atoms with Crippen LogP contribution in [0.1, 0.15) is 32.1 Å². The van der Waals surface area contributed by atoms with E-state index in [1.165, 1.54) is 12.8 Å². The zero-order valence-electron chi connectivity index (χ0n) is 7.45. The maximum atomic E-state index is 9.62. The van der Waals surface area contributed by atoms with E-state index < -0.39 is 0 Å². The van der Waals surface area contributed by atoms with Gasteiger partial charge in [-0.25, -0.2) is 0 Å². The van der Waals surface area contributed by atoms with E-state index in [-0.39, 0.29) is 6.10 Å². The monoisotopic (exact) mass is 170 g/mol. The molecule has 0 saturated heterocycles. The molecule has 0 aromatic carbocycles. The minimum Gasteiger partial charge on any atom is -0.396 e. The minimum absolute atomic E-state index is 0.0290. The minimum atomic E-state index is -0.0290. The molecular formula is C10H18O2. The first-order valence-electron chi connectivity index (χ1n) is 5.08. The molecule has 0 aliphatic heterocycles. The highest BCUT2D eigenvalue weighted by molar-refractivity contribution is 4.90. The van der Waals surface area contributed by atoms with E-state index in [2.05, 4.69) is 0 Å². The summed E-state index contributed by atoms with van der Waals surface area (Å²) in [4.78, 5) is 0. The van der Waals surface area contributed by atoms with Gasteiger partial charge >= 0.3 is 0 Å². The number of hydrogen-bond donors (Lipinski definition) is 2. The maximum absolute atomic E-state index is 9.62. The number of aliphatic hydroxyl groups is 2. The maximum Gasteiger partial charge on any atom is 0.0571 e. The molecule has 0 heterocycles. The van der Waals surface area contributed by atoms with Crippen molar-refractivity contribution in [1.29, 1.82) is 0 Å². The van der Waals surface area contributed by atoms with Gasteiger partial charge in [0.1, 0.15) is 0 Å². The largest absolute Gasteiger partial charge is 0.396 e. The fourth-order valence-corrected chi connectivity index (χ4v) is 3.08. The van der Waals surface area contributed by atoms with Gasteiger partial charge < -0.3 is 10.2 Å². The van der Waals surface area contributed by atoms with Gasteiger partial charge in [0.15, 0.2) is 0 Å². The molecular weight excluding hydrogens is 152 g/mol. The first-order chi connectivity index (χ1) is 5.79. The molecule has 0 spiro atoms. The van der Waals surface area contributed by atoms with E-state index >= 15 is 0 Å². The smallest absolute Gasteiger partial charge is 0.0571 e. The van der Waals surface area contributed by atoms with Crippen LogP contribution in [-0.4, -0.2) is 22.9 Å². The van der Waals surface area contributed by atoms with Gasteiger partial charge in [0, 0.05) is 6.61 Å². The molecule has 0 radical (unpaired) electrons. The highest BCUT2D eigenvalue weighted by atomic mass is 16.3. The quantitative estimate of drug-likeness (QED) is 0.653. The van der Waals surface area contributed by atoms with Crippen LogP contribution in [0.15, 0.2) is 0 Å². The third kappa shape index (κ3) is 1.50. The first-order valence-corrected chi connectivity index (χ1v) is 5.08. The first kappa shape index (κ1) is 8.52. The summed E-state index contributed by atoms with van der Waals surface area (Å²) in [5.41, 5.74) is 0. The van der Waals surface area contributed by atoms with Crippen molar-refractivity contribution in [3.63, 3.8) is 0 Å². The average Bonchev–Trinajstić information content (AvgIpc) is 2.27. The summed E-state index contributed by atoms with van der Waals surface area (Å²) in [5, 5.41) is 18.4. The predicted molar refractivity (Wildman–Crippen MR) is 46.6 cm³/mol. The molecule has 0 aromatic heterocycles. The lowest BCUT2D eigenvalue weighted by molar-refractivity contribution is 0.114. The third-order valence-electron chi connectivity index (χ3n) is 3.60. The second kappa shape index (κ2) is 3.35. The lowest BCUT2D eigenvalue weighted by Gasteiger charge is -2.27. The number of fused-ring (bicyclic) bond motifs is 2. The zero-order chi connectivity index (χ0) is 8.55. The van der Waals surface area contributed by atoms with Crippen molar-refractivity contribution in [3.8, 4) is 0 Å². The number of aliphatic hydroxyl groups excluding tert-OH is 2. The molecule has 2 fully saturated rings. The van der Waals surface area contributed by atoms with Crippen LogP contribution in [0, 0.1) is 17.8 Å². The van der Waals surface area contributed by atoms with E-state index in [0.29, 0.717) is 18.4 Å². The molecule has 2 bridgehead atoms. The molecule has 2 N–H and O–H groups in total. The molecule has 2 aliphatic carbocycles. The van der Waals surface area contributed by atoms with Crippen molar-refractivity contribution in [2.45, 2.75) is 38.2 Å². The van der Waals surface area contributed by atoms with E-state index in [9.17, 15) is 5.11 Å². The molecule has 70 valence electrons. The molecule has 2 heteroatoms.